The van der Waals surface area contributed by atoms with E-state index in [1.54, 1.807) is 0 Å². The van der Waals surface area contributed by atoms with Crippen LogP contribution in [0.1, 0.15) is 66.9 Å². The number of likely N-dealkylation sites (tertiary alicyclic amines) is 1. The molecule has 5 rings (SSSR count). The molecule has 3 aliphatic rings. The topological polar surface area (TPSA) is 141 Å². The zero-order valence-electron chi connectivity index (χ0n) is 21.3. The number of carbonyl (C=O) groups is 2. The Bertz CT molecular complexity index is 1080. The van der Waals surface area contributed by atoms with Gasteiger partial charge in [0.05, 0.1) is 0 Å². The van der Waals surface area contributed by atoms with Gasteiger partial charge in [-0.2, -0.15) is 4.98 Å². The summed E-state index contributed by atoms with van der Waals surface area (Å²) in [5, 5.41) is 18.1. The smallest absolute Gasteiger partial charge is 0.317 e. The van der Waals surface area contributed by atoms with E-state index in [0.717, 1.165) is 76.9 Å². The van der Waals surface area contributed by atoms with Gasteiger partial charge < -0.3 is 31.5 Å². The summed E-state index contributed by atoms with van der Waals surface area (Å²) in [6.07, 6.45) is 7.37. The second-order valence-electron chi connectivity index (χ2n) is 10.2. The van der Waals surface area contributed by atoms with E-state index >= 15 is 0 Å². The molecule has 1 unspecified atom stereocenters. The third-order valence-corrected chi connectivity index (χ3v) is 7.57. The highest BCUT2D eigenvalue weighted by Gasteiger charge is 2.27. The molecule has 1 aromatic heterocycles. The molecule has 0 radical (unpaired) electrons. The highest BCUT2D eigenvalue weighted by molar-refractivity contribution is 5.96. The van der Waals surface area contributed by atoms with Crippen LogP contribution in [0.3, 0.4) is 0 Å². The molecule has 1 aromatic carbocycles. The third kappa shape index (κ3) is 6.27. The first-order valence-electron chi connectivity index (χ1n) is 13.5. The summed E-state index contributed by atoms with van der Waals surface area (Å²) in [6, 6.07) is 8.25. The maximum absolute atomic E-state index is 12.7. The van der Waals surface area contributed by atoms with Crippen molar-refractivity contribution in [3.8, 4) is 0 Å². The number of nitrogens with one attached hydrogen (secondary N) is 3. The number of nitrogens with two attached hydrogens (primary N) is 1. The minimum atomic E-state index is -0.689. The largest absolute Gasteiger partial charge is 0.364 e. The van der Waals surface area contributed by atoms with Gasteiger partial charge in [0.15, 0.2) is 11.5 Å². The lowest BCUT2D eigenvalue weighted by Crippen LogP contribution is -2.52. The number of hydrogen-bond donors (Lipinski definition) is 4. The number of hydrogen-bond acceptors (Lipinski definition) is 8. The summed E-state index contributed by atoms with van der Waals surface area (Å²) in [7, 11) is 0. The predicted molar refractivity (Wildman–Crippen MR) is 142 cm³/mol. The van der Waals surface area contributed by atoms with Gasteiger partial charge in [0.2, 0.25) is 5.95 Å². The summed E-state index contributed by atoms with van der Waals surface area (Å²) in [4.78, 5) is 33.3. The van der Waals surface area contributed by atoms with E-state index in [2.05, 4.69) is 43.3 Å². The maximum Gasteiger partial charge on any atom is 0.317 e. The first-order chi connectivity index (χ1) is 18.1. The monoisotopic (exact) mass is 507 g/mol. The number of carbonyl (C=O) groups excluding carboxylic acids is 2. The Morgan fingerprint density at radius 1 is 0.946 bits per heavy atom. The van der Waals surface area contributed by atoms with Crippen molar-refractivity contribution in [2.24, 2.45) is 5.73 Å². The third-order valence-electron chi connectivity index (χ3n) is 7.57. The fourth-order valence-electron chi connectivity index (χ4n) is 5.47. The second-order valence-corrected chi connectivity index (χ2v) is 10.2. The van der Waals surface area contributed by atoms with Crippen LogP contribution >= 0.6 is 0 Å². The summed E-state index contributed by atoms with van der Waals surface area (Å²) in [6.45, 7) is 5.05. The molecule has 11 heteroatoms. The lowest BCUT2D eigenvalue weighted by Gasteiger charge is -2.35. The van der Waals surface area contributed by atoms with E-state index in [9.17, 15) is 9.59 Å². The highest BCUT2D eigenvalue weighted by atomic mass is 16.2. The number of primary amides is 1. The van der Waals surface area contributed by atoms with Gasteiger partial charge in [-0.1, -0.05) is 12.1 Å². The van der Waals surface area contributed by atoms with Crippen molar-refractivity contribution in [3.63, 3.8) is 0 Å². The summed E-state index contributed by atoms with van der Waals surface area (Å²) < 4.78 is 0. The number of piperidine rings is 3. The molecular weight excluding hydrogens is 470 g/mol. The van der Waals surface area contributed by atoms with Crippen LogP contribution < -0.4 is 26.6 Å². The molecule has 0 spiro atoms. The van der Waals surface area contributed by atoms with Crippen molar-refractivity contribution in [2.45, 2.75) is 56.9 Å². The lowest BCUT2D eigenvalue weighted by molar-refractivity contribution is 0.0995. The number of nitrogens with zero attached hydrogens (tertiary/aromatic N) is 5. The minimum absolute atomic E-state index is 0.00142. The van der Waals surface area contributed by atoms with E-state index in [-0.39, 0.29) is 23.6 Å². The summed E-state index contributed by atoms with van der Waals surface area (Å²) in [5.74, 6) is 0.569. The fraction of sp³-hybridized carbons (Fsp3) is 0.577. The second kappa shape index (κ2) is 11.7. The molecule has 198 valence electrons. The van der Waals surface area contributed by atoms with Gasteiger partial charge in [-0.25, -0.2) is 4.79 Å². The van der Waals surface area contributed by atoms with Crippen LogP contribution in [-0.4, -0.2) is 77.3 Å². The Morgan fingerprint density at radius 2 is 1.70 bits per heavy atom. The molecule has 0 bridgehead atoms. The molecule has 3 aliphatic heterocycles. The number of benzene rings is 1. The van der Waals surface area contributed by atoms with Crippen molar-refractivity contribution < 1.29 is 9.59 Å². The Labute approximate surface area is 217 Å². The Hall–Kier alpha value is -3.47. The molecule has 3 fully saturated rings. The van der Waals surface area contributed by atoms with E-state index in [4.69, 9.17) is 5.73 Å². The normalized spacial score (nSPS) is 20.9. The number of aromatic nitrogens is 3. The average molecular weight is 508 g/mol. The van der Waals surface area contributed by atoms with Crippen molar-refractivity contribution >= 4 is 29.4 Å². The number of anilines is 3. The fourth-order valence-corrected chi connectivity index (χ4v) is 5.47. The minimum Gasteiger partial charge on any atom is -0.364 e. The average Bonchev–Trinajstić information content (AvgIpc) is 2.94. The van der Waals surface area contributed by atoms with Gasteiger partial charge in [0, 0.05) is 37.9 Å². The molecule has 0 saturated carbocycles. The molecule has 4 heterocycles. The van der Waals surface area contributed by atoms with Crippen molar-refractivity contribution in [1.82, 2.24) is 30.7 Å². The zero-order valence-corrected chi connectivity index (χ0v) is 21.3. The zero-order chi connectivity index (χ0) is 25.6. The molecular formula is C26H37N9O2. The molecule has 5 N–H and O–H groups in total. The molecule has 3 amide bonds. The van der Waals surface area contributed by atoms with Crippen molar-refractivity contribution in [1.29, 1.82) is 0 Å². The quantitative estimate of drug-likeness (QED) is 0.467. The molecule has 1 atom stereocenters. The van der Waals surface area contributed by atoms with E-state index < -0.39 is 5.91 Å². The first kappa shape index (κ1) is 25.2. The van der Waals surface area contributed by atoms with Gasteiger partial charge >= 0.3 is 6.03 Å². The van der Waals surface area contributed by atoms with Crippen LogP contribution in [0, 0.1) is 0 Å². The molecule has 11 nitrogen and oxygen atoms in total. The van der Waals surface area contributed by atoms with Crippen molar-refractivity contribution in [3.05, 3.63) is 35.5 Å². The molecule has 0 aliphatic carbocycles. The van der Waals surface area contributed by atoms with Crippen LogP contribution in [0.15, 0.2) is 24.3 Å². The van der Waals surface area contributed by atoms with Crippen LogP contribution in [0.5, 0.6) is 0 Å². The Morgan fingerprint density at radius 3 is 2.43 bits per heavy atom. The lowest BCUT2D eigenvalue weighted by atomic mass is 9.90. The first-order valence-corrected chi connectivity index (χ1v) is 13.5. The Kier molecular flexibility index (Phi) is 7.98. The van der Waals surface area contributed by atoms with E-state index in [1.807, 2.05) is 21.9 Å². The van der Waals surface area contributed by atoms with Crippen LogP contribution in [0.25, 0.3) is 0 Å². The molecule has 3 saturated heterocycles. The van der Waals surface area contributed by atoms with E-state index in [0.29, 0.717) is 18.4 Å². The summed E-state index contributed by atoms with van der Waals surface area (Å²) >= 11 is 0. The maximum atomic E-state index is 12.7. The van der Waals surface area contributed by atoms with Crippen LogP contribution in [-0.2, 0) is 0 Å². The van der Waals surface area contributed by atoms with Gasteiger partial charge in [0.25, 0.3) is 5.91 Å². The van der Waals surface area contributed by atoms with Gasteiger partial charge in [-0.3, -0.25) is 4.79 Å². The van der Waals surface area contributed by atoms with Gasteiger partial charge in [-0.05, 0) is 81.6 Å². The molecule has 37 heavy (non-hydrogen) atoms. The molecule has 2 aromatic rings. The van der Waals surface area contributed by atoms with Gasteiger partial charge in [0.1, 0.15) is 0 Å². The number of rotatable bonds is 6. The van der Waals surface area contributed by atoms with Crippen LogP contribution in [0.4, 0.5) is 22.2 Å². The standard InChI is InChI=1S/C26H37N9O2/c27-23(36)22-24(29-20-8-6-18(7-9-20)19-10-12-28-13-11-19)31-25(33-32-22)35-16-4-5-21(17-35)30-26(37)34-14-2-1-3-15-34/h6-9,19,21,28H,1-5,10-17H2,(H2,27,36)(H,30,37)(H,29,31,33). The van der Waals surface area contributed by atoms with Gasteiger partial charge in [-0.15, -0.1) is 10.2 Å². The van der Waals surface area contributed by atoms with Crippen molar-refractivity contribution in [2.75, 3.05) is 49.5 Å². The number of urea groups is 1. The SMILES string of the molecule is NC(=O)c1nnc(N2CCCC(NC(=O)N3CCCCC3)C2)nc1Nc1ccc(C2CCNCC2)cc1. The predicted octanol–water partition coefficient (Wildman–Crippen LogP) is 2.35. The number of amides is 3. The Balaban J connectivity index is 1.27. The summed E-state index contributed by atoms with van der Waals surface area (Å²) in [5.41, 5.74) is 7.69. The van der Waals surface area contributed by atoms with E-state index in [1.165, 1.54) is 12.0 Å². The van der Waals surface area contributed by atoms with Crippen LogP contribution in [0.2, 0.25) is 0 Å². The highest BCUT2D eigenvalue weighted by Crippen LogP contribution is 2.28.